The van der Waals surface area contributed by atoms with E-state index in [0.29, 0.717) is 0 Å². The number of benzene rings is 2. The number of aliphatic hydroxyl groups is 1. The van der Waals surface area contributed by atoms with E-state index in [1.54, 1.807) is 7.11 Å². The second kappa shape index (κ2) is 5.55. The summed E-state index contributed by atoms with van der Waals surface area (Å²) < 4.78 is 11.1. The molecule has 3 rings (SSSR count). The molecule has 1 aliphatic carbocycles. The van der Waals surface area contributed by atoms with Gasteiger partial charge in [0.25, 0.3) is 0 Å². The minimum atomic E-state index is -0.617. The van der Waals surface area contributed by atoms with Gasteiger partial charge in [-0.25, -0.2) is 0 Å². The molecule has 0 saturated heterocycles. The lowest BCUT2D eigenvalue weighted by Gasteiger charge is -2.30. The van der Waals surface area contributed by atoms with Crippen LogP contribution in [0.4, 0.5) is 0 Å². The highest BCUT2D eigenvalue weighted by molar-refractivity contribution is 5.39. The molecular weight excluding hydrogens is 252 g/mol. The lowest BCUT2D eigenvalue weighted by molar-refractivity contribution is 0.0229. The number of aliphatic hydroxyl groups excluding tert-OH is 1. The minimum absolute atomic E-state index is 0.211. The summed E-state index contributed by atoms with van der Waals surface area (Å²) in [5.74, 6) is 1.56. The Bertz CT molecular complexity index is 580. The monoisotopic (exact) mass is 270 g/mol. The van der Waals surface area contributed by atoms with Gasteiger partial charge in [0.05, 0.1) is 7.11 Å². The van der Waals surface area contributed by atoms with Crippen molar-refractivity contribution < 1.29 is 14.6 Å². The summed E-state index contributed by atoms with van der Waals surface area (Å²) in [6.07, 6.45) is 0.898. The van der Waals surface area contributed by atoms with E-state index in [1.807, 2.05) is 48.5 Å². The number of hydrogen-bond donors (Lipinski definition) is 1. The number of aryl methyl sites for hydroxylation is 1. The van der Waals surface area contributed by atoms with E-state index in [2.05, 4.69) is 0 Å². The Labute approximate surface area is 118 Å². The van der Waals surface area contributed by atoms with E-state index >= 15 is 0 Å². The maximum absolute atomic E-state index is 10.5. The first-order chi connectivity index (χ1) is 9.78. The summed E-state index contributed by atoms with van der Waals surface area (Å²) in [6.45, 7) is 0. The first-order valence-corrected chi connectivity index (χ1v) is 6.84. The molecule has 0 fully saturated rings. The van der Waals surface area contributed by atoms with E-state index in [0.717, 1.165) is 29.9 Å². The van der Waals surface area contributed by atoms with Gasteiger partial charge in [-0.05, 0) is 48.2 Å². The summed E-state index contributed by atoms with van der Waals surface area (Å²) in [5, 5.41) is 10.5. The molecule has 20 heavy (non-hydrogen) atoms. The zero-order valence-electron chi connectivity index (χ0n) is 11.5. The smallest absolute Gasteiger partial charge is 0.129 e. The zero-order valence-corrected chi connectivity index (χ0v) is 11.5. The molecule has 0 saturated carbocycles. The van der Waals surface area contributed by atoms with E-state index in [1.165, 1.54) is 5.56 Å². The molecule has 0 aliphatic heterocycles. The van der Waals surface area contributed by atoms with Crippen LogP contribution in [0, 0.1) is 0 Å². The Hall–Kier alpha value is -2.00. The SMILES string of the molecule is COc1ccc2c(c1)[C@@H](O)[C@H](Oc1ccccc1)CC2. The van der Waals surface area contributed by atoms with Gasteiger partial charge in [0.2, 0.25) is 0 Å². The Morgan fingerprint density at radius 3 is 2.60 bits per heavy atom. The van der Waals surface area contributed by atoms with Crippen molar-refractivity contribution in [2.45, 2.75) is 25.0 Å². The van der Waals surface area contributed by atoms with Crippen LogP contribution in [0.15, 0.2) is 48.5 Å². The number of para-hydroxylation sites is 1. The van der Waals surface area contributed by atoms with Gasteiger partial charge in [-0.15, -0.1) is 0 Å². The van der Waals surface area contributed by atoms with Gasteiger partial charge in [0, 0.05) is 0 Å². The molecule has 0 aromatic heterocycles. The molecule has 3 heteroatoms. The molecule has 1 N–H and O–H groups in total. The molecule has 2 aromatic carbocycles. The maximum atomic E-state index is 10.5. The molecule has 0 radical (unpaired) electrons. The fraction of sp³-hybridized carbons (Fsp3) is 0.294. The van der Waals surface area contributed by atoms with E-state index in [-0.39, 0.29) is 6.10 Å². The number of rotatable bonds is 3. The van der Waals surface area contributed by atoms with Crippen LogP contribution in [-0.2, 0) is 6.42 Å². The van der Waals surface area contributed by atoms with Crippen LogP contribution in [0.2, 0.25) is 0 Å². The molecule has 0 amide bonds. The highest BCUT2D eigenvalue weighted by Crippen LogP contribution is 2.34. The van der Waals surface area contributed by atoms with Crippen molar-refractivity contribution >= 4 is 0 Å². The normalized spacial score (nSPS) is 21.1. The Kier molecular flexibility index (Phi) is 3.61. The minimum Gasteiger partial charge on any atom is -0.497 e. The topological polar surface area (TPSA) is 38.7 Å². The third-order valence-electron chi connectivity index (χ3n) is 3.75. The molecule has 2 atom stereocenters. The van der Waals surface area contributed by atoms with Gasteiger partial charge in [-0.3, -0.25) is 0 Å². The zero-order chi connectivity index (χ0) is 13.9. The van der Waals surface area contributed by atoms with Crippen LogP contribution < -0.4 is 9.47 Å². The van der Waals surface area contributed by atoms with Crippen LogP contribution in [-0.4, -0.2) is 18.3 Å². The van der Waals surface area contributed by atoms with E-state index in [4.69, 9.17) is 9.47 Å². The Morgan fingerprint density at radius 1 is 1.05 bits per heavy atom. The lowest BCUT2D eigenvalue weighted by Crippen LogP contribution is -2.30. The number of ether oxygens (including phenoxy) is 2. The fourth-order valence-corrected chi connectivity index (χ4v) is 2.66. The van der Waals surface area contributed by atoms with Crippen LogP contribution in [0.25, 0.3) is 0 Å². The van der Waals surface area contributed by atoms with E-state index in [9.17, 15) is 5.11 Å². The first kappa shape index (κ1) is 13.0. The van der Waals surface area contributed by atoms with Crippen molar-refractivity contribution in [3.63, 3.8) is 0 Å². The van der Waals surface area contributed by atoms with Crippen LogP contribution in [0.3, 0.4) is 0 Å². The van der Waals surface area contributed by atoms with Crippen LogP contribution in [0.5, 0.6) is 11.5 Å². The first-order valence-electron chi connectivity index (χ1n) is 6.84. The second-order valence-corrected chi connectivity index (χ2v) is 5.02. The molecule has 0 spiro atoms. The molecular formula is C17H18O3. The van der Waals surface area contributed by atoms with Crippen molar-refractivity contribution in [2.75, 3.05) is 7.11 Å². The van der Waals surface area contributed by atoms with Crippen molar-refractivity contribution in [1.29, 1.82) is 0 Å². The van der Waals surface area contributed by atoms with Gasteiger partial charge >= 0.3 is 0 Å². The lowest BCUT2D eigenvalue weighted by atomic mass is 9.87. The van der Waals surface area contributed by atoms with Crippen molar-refractivity contribution in [3.05, 3.63) is 59.7 Å². The summed E-state index contributed by atoms with van der Waals surface area (Å²) in [6, 6.07) is 15.5. The number of hydrogen-bond acceptors (Lipinski definition) is 3. The highest BCUT2D eigenvalue weighted by atomic mass is 16.5. The summed E-state index contributed by atoms with van der Waals surface area (Å²) in [7, 11) is 1.63. The predicted octanol–water partition coefficient (Wildman–Crippen LogP) is 3.12. The van der Waals surface area contributed by atoms with Crippen LogP contribution >= 0.6 is 0 Å². The van der Waals surface area contributed by atoms with Crippen molar-refractivity contribution in [1.82, 2.24) is 0 Å². The van der Waals surface area contributed by atoms with E-state index < -0.39 is 6.10 Å². The quantitative estimate of drug-likeness (QED) is 0.931. The molecule has 0 heterocycles. The van der Waals surface area contributed by atoms with Crippen molar-refractivity contribution in [2.24, 2.45) is 0 Å². The number of fused-ring (bicyclic) bond motifs is 1. The average Bonchev–Trinajstić information content (AvgIpc) is 2.51. The van der Waals surface area contributed by atoms with Gasteiger partial charge in [0.1, 0.15) is 23.7 Å². The molecule has 1 aliphatic rings. The Balaban J connectivity index is 1.83. The molecule has 0 unspecified atom stereocenters. The van der Waals surface area contributed by atoms with Crippen LogP contribution in [0.1, 0.15) is 23.7 Å². The molecule has 2 aromatic rings. The molecule has 3 nitrogen and oxygen atoms in total. The summed E-state index contributed by atoms with van der Waals surface area (Å²) in [4.78, 5) is 0. The standard InChI is InChI=1S/C17H18O3/c1-19-14-9-7-12-8-10-16(17(18)15(12)11-14)20-13-5-3-2-4-6-13/h2-7,9,11,16-18H,8,10H2,1H3/t16-,17-/m1/s1. The summed E-state index contributed by atoms with van der Waals surface area (Å²) >= 11 is 0. The number of methoxy groups -OCH3 is 1. The van der Waals surface area contributed by atoms with Gasteiger partial charge in [0.15, 0.2) is 0 Å². The molecule has 104 valence electrons. The maximum Gasteiger partial charge on any atom is 0.129 e. The van der Waals surface area contributed by atoms with Gasteiger partial charge < -0.3 is 14.6 Å². The average molecular weight is 270 g/mol. The van der Waals surface area contributed by atoms with Gasteiger partial charge in [-0.1, -0.05) is 24.3 Å². The fourth-order valence-electron chi connectivity index (χ4n) is 2.66. The highest BCUT2D eigenvalue weighted by Gasteiger charge is 2.29. The largest absolute Gasteiger partial charge is 0.497 e. The summed E-state index contributed by atoms with van der Waals surface area (Å²) in [5.41, 5.74) is 2.09. The molecule has 0 bridgehead atoms. The second-order valence-electron chi connectivity index (χ2n) is 5.02. The van der Waals surface area contributed by atoms with Crippen molar-refractivity contribution in [3.8, 4) is 11.5 Å². The predicted molar refractivity (Wildman–Crippen MR) is 77.1 cm³/mol. The van der Waals surface area contributed by atoms with Gasteiger partial charge in [-0.2, -0.15) is 0 Å². The Morgan fingerprint density at radius 2 is 1.85 bits per heavy atom. The third kappa shape index (κ3) is 2.49. The third-order valence-corrected chi connectivity index (χ3v) is 3.75.